The van der Waals surface area contributed by atoms with E-state index in [2.05, 4.69) is 13.8 Å². The summed E-state index contributed by atoms with van der Waals surface area (Å²) in [6.45, 7) is 14.4. The standard InChI is InChI=1S/C33H49O10P/c1-9-29(37)43-33(28(36)18-39-22(6)34)21(5)15-26-24-14-20(4)25-16-23(35)12-13-31(25,7)30(24)27(17-32(26,33)8)40-19-44(38,41-10-2)42-11-3/h12-13,16,20-21,24,26-27,30H,9-11,14-15,17-19H2,1-8H3/t20-,21+,24-,26-,27-,30+,31-,32-,33-/m0/s1. The molecule has 246 valence electrons. The number of carbonyl (C=O) groups is 4. The van der Waals surface area contributed by atoms with Crippen LogP contribution in [0.3, 0.4) is 0 Å². The molecule has 3 saturated carbocycles. The molecule has 0 aliphatic heterocycles. The third kappa shape index (κ3) is 5.80. The summed E-state index contributed by atoms with van der Waals surface area (Å²) in [6.07, 6.45) is 6.25. The second kappa shape index (κ2) is 12.9. The van der Waals surface area contributed by atoms with E-state index in [0.29, 0.717) is 12.8 Å². The molecule has 0 bridgehead atoms. The van der Waals surface area contributed by atoms with Gasteiger partial charge in [-0.1, -0.05) is 46.3 Å². The van der Waals surface area contributed by atoms with Gasteiger partial charge in [0.15, 0.2) is 18.0 Å². The fourth-order valence-corrected chi connectivity index (χ4v) is 10.7. The quantitative estimate of drug-likeness (QED) is 0.190. The van der Waals surface area contributed by atoms with Crippen molar-refractivity contribution in [3.05, 3.63) is 23.8 Å². The Morgan fingerprint density at radius 3 is 2.30 bits per heavy atom. The van der Waals surface area contributed by atoms with E-state index in [1.807, 2.05) is 19.9 Å². The predicted octanol–water partition coefficient (Wildman–Crippen LogP) is 5.83. The van der Waals surface area contributed by atoms with Crippen molar-refractivity contribution in [1.29, 1.82) is 0 Å². The lowest BCUT2D eigenvalue weighted by Crippen LogP contribution is -2.65. The Morgan fingerprint density at radius 2 is 1.70 bits per heavy atom. The van der Waals surface area contributed by atoms with Crippen molar-refractivity contribution in [2.24, 2.45) is 40.4 Å². The van der Waals surface area contributed by atoms with Gasteiger partial charge >= 0.3 is 19.5 Å². The summed E-state index contributed by atoms with van der Waals surface area (Å²) in [5, 5.41) is 0. The zero-order chi connectivity index (χ0) is 32.7. The summed E-state index contributed by atoms with van der Waals surface area (Å²) < 4.78 is 42.8. The van der Waals surface area contributed by atoms with Crippen LogP contribution >= 0.6 is 7.60 Å². The van der Waals surface area contributed by atoms with Crippen LogP contribution in [0.2, 0.25) is 0 Å². The van der Waals surface area contributed by atoms with E-state index < -0.39 is 54.5 Å². The average Bonchev–Trinajstić information content (AvgIpc) is 3.18. The molecule has 0 N–H and O–H groups in total. The fraction of sp³-hybridized carbons (Fsp3) is 0.758. The first-order valence-corrected chi connectivity index (χ1v) is 17.7. The number of rotatable bonds is 12. The summed E-state index contributed by atoms with van der Waals surface area (Å²) >= 11 is 0. The van der Waals surface area contributed by atoms with Crippen LogP contribution in [0.5, 0.6) is 0 Å². The van der Waals surface area contributed by atoms with Gasteiger partial charge in [0, 0.05) is 36.0 Å². The van der Waals surface area contributed by atoms with Crippen LogP contribution in [-0.2, 0) is 47.0 Å². The lowest BCUT2D eigenvalue weighted by atomic mass is 9.44. The molecule has 10 nitrogen and oxygen atoms in total. The van der Waals surface area contributed by atoms with E-state index in [1.165, 1.54) is 6.92 Å². The molecule has 0 aromatic carbocycles. The van der Waals surface area contributed by atoms with E-state index in [-0.39, 0.29) is 61.4 Å². The van der Waals surface area contributed by atoms with Gasteiger partial charge in [-0.2, -0.15) is 0 Å². The molecule has 11 heteroatoms. The second-order valence-corrected chi connectivity index (χ2v) is 15.4. The molecule has 0 saturated heterocycles. The minimum absolute atomic E-state index is 0.0125. The lowest BCUT2D eigenvalue weighted by molar-refractivity contribution is -0.210. The SMILES string of the molecule is CCOP(=O)(CO[C@H]1C[C@@]2(C)[C@@H](C[C@@H](C)[C@]2(OC(=O)CC)C(=O)COC(C)=O)[C@@H]2C[C@H](C)C3=CC(=O)C=C[C@]3(C)[C@H]21)OCC. The smallest absolute Gasteiger partial charge is 0.356 e. The molecule has 4 rings (SSSR count). The second-order valence-electron chi connectivity index (χ2n) is 13.4. The van der Waals surface area contributed by atoms with Gasteiger partial charge in [-0.05, 0) is 63.0 Å². The van der Waals surface area contributed by atoms with Gasteiger partial charge < -0.3 is 23.3 Å². The molecule has 0 amide bonds. The monoisotopic (exact) mass is 636 g/mol. The van der Waals surface area contributed by atoms with Crippen LogP contribution in [0.1, 0.15) is 81.1 Å². The maximum absolute atomic E-state index is 14.2. The Balaban J connectivity index is 1.86. The molecule has 4 aliphatic carbocycles. The normalized spacial score (nSPS) is 37.8. The van der Waals surface area contributed by atoms with Crippen LogP contribution in [0, 0.1) is 40.4 Å². The number of Topliss-reactive ketones (excluding diaryl/α,β-unsaturated/α-hetero) is 1. The van der Waals surface area contributed by atoms with Crippen LogP contribution in [0.4, 0.5) is 0 Å². The number of esters is 2. The Labute approximate surface area is 261 Å². The molecule has 0 aromatic rings. The van der Waals surface area contributed by atoms with Crippen molar-refractivity contribution in [1.82, 2.24) is 0 Å². The molecule has 44 heavy (non-hydrogen) atoms. The summed E-state index contributed by atoms with van der Waals surface area (Å²) in [5.74, 6) is -2.04. The zero-order valence-electron chi connectivity index (χ0n) is 27.4. The van der Waals surface area contributed by atoms with Crippen LogP contribution < -0.4 is 0 Å². The minimum atomic E-state index is -3.59. The first-order chi connectivity index (χ1) is 20.6. The van der Waals surface area contributed by atoms with E-state index in [9.17, 15) is 23.7 Å². The molecule has 0 spiro atoms. The molecular formula is C33H49O10P. The van der Waals surface area contributed by atoms with Crippen molar-refractivity contribution in [3.63, 3.8) is 0 Å². The topological polar surface area (TPSA) is 132 Å². The maximum atomic E-state index is 14.2. The van der Waals surface area contributed by atoms with E-state index in [1.54, 1.807) is 32.9 Å². The summed E-state index contributed by atoms with van der Waals surface area (Å²) in [6, 6.07) is 0. The maximum Gasteiger partial charge on any atom is 0.356 e. The number of fused-ring (bicyclic) bond motifs is 5. The van der Waals surface area contributed by atoms with Crippen molar-refractivity contribution in [2.45, 2.75) is 92.8 Å². The highest BCUT2D eigenvalue weighted by atomic mass is 31.2. The van der Waals surface area contributed by atoms with Crippen molar-refractivity contribution < 1.29 is 47.0 Å². The van der Waals surface area contributed by atoms with Gasteiger partial charge in [0.25, 0.3) is 0 Å². The zero-order valence-corrected chi connectivity index (χ0v) is 28.3. The molecule has 0 heterocycles. The highest BCUT2D eigenvalue weighted by Gasteiger charge is 2.73. The highest BCUT2D eigenvalue weighted by molar-refractivity contribution is 7.53. The highest BCUT2D eigenvalue weighted by Crippen LogP contribution is 2.70. The molecule has 4 aliphatic rings. The number of ether oxygens (including phenoxy) is 3. The molecule has 0 unspecified atom stereocenters. The molecular weight excluding hydrogens is 587 g/mol. The Bertz CT molecular complexity index is 1260. The van der Waals surface area contributed by atoms with Crippen molar-refractivity contribution in [3.8, 4) is 0 Å². The predicted molar refractivity (Wildman–Crippen MR) is 162 cm³/mol. The van der Waals surface area contributed by atoms with Crippen LogP contribution in [0.15, 0.2) is 23.8 Å². The van der Waals surface area contributed by atoms with Gasteiger partial charge in [-0.25, -0.2) is 0 Å². The van der Waals surface area contributed by atoms with E-state index in [4.69, 9.17) is 23.3 Å². The fourth-order valence-electron chi connectivity index (χ4n) is 9.28. The minimum Gasteiger partial charge on any atom is -0.458 e. The first kappa shape index (κ1) is 34.7. The number of hydrogen-bond donors (Lipinski definition) is 0. The number of ketones is 2. The molecule has 9 atom stereocenters. The number of allylic oxidation sites excluding steroid dienone is 4. The largest absolute Gasteiger partial charge is 0.458 e. The van der Waals surface area contributed by atoms with Gasteiger partial charge in [0.1, 0.15) is 6.35 Å². The van der Waals surface area contributed by atoms with Crippen LogP contribution in [0.25, 0.3) is 0 Å². The van der Waals surface area contributed by atoms with E-state index >= 15 is 0 Å². The molecule has 0 aromatic heterocycles. The number of carbonyl (C=O) groups excluding carboxylic acids is 4. The third-order valence-electron chi connectivity index (χ3n) is 10.8. The van der Waals surface area contributed by atoms with E-state index in [0.717, 1.165) is 12.0 Å². The van der Waals surface area contributed by atoms with Crippen molar-refractivity contribution in [2.75, 3.05) is 26.2 Å². The van der Waals surface area contributed by atoms with Gasteiger partial charge in [0.2, 0.25) is 5.78 Å². The Hall–Kier alpha value is -2.13. The third-order valence-corrected chi connectivity index (χ3v) is 12.6. The van der Waals surface area contributed by atoms with Crippen LogP contribution in [-0.4, -0.2) is 61.4 Å². The first-order valence-electron chi connectivity index (χ1n) is 16.0. The summed E-state index contributed by atoms with van der Waals surface area (Å²) in [4.78, 5) is 51.5. The summed E-state index contributed by atoms with van der Waals surface area (Å²) in [7, 11) is -3.59. The number of hydrogen-bond acceptors (Lipinski definition) is 10. The Kier molecular flexibility index (Phi) is 10.2. The van der Waals surface area contributed by atoms with Gasteiger partial charge in [-0.3, -0.25) is 23.7 Å². The molecule has 0 radical (unpaired) electrons. The summed E-state index contributed by atoms with van der Waals surface area (Å²) in [5.41, 5.74) is -1.94. The van der Waals surface area contributed by atoms with Gasteiger partial charge in [-0.15, -0.1) is 0 Å². The molecule has 3 fully saturated rings. The lowest BCUT2D eigenvalue weighted by Gasteiger charge is -2.61. The van der Waals surface area contributed by atoms with Gasteiger partial charge in [0.05, 0.1) is 19.3 Å². The Morgan fingerprint density at radius 1 is 1.05 bits per heavy atom. The average molecular weight is 637 g/mol. The van der Waals surface area contributed by atoms with Crippen molar-refractivity contribution >= 4 is 31.1 Å².